The van der Waals surface area contributed by atoms with Gasteiger partial charge >= 0.3 is 0 Å². The number of amides is 2. The molecule has 1 aliphatic rings. The lowest BCUT2D eigenvalue weighted by molar-refractivity contribution is -0.129. The fourth-order valence-corrected chi connectivity index (χ4v) is 2.88. The number of benzene rings is 1. The molecular weight excluding hydrogens is 332 g/mol. The number of fused-ring (bicyclic) bond motifs is 1. The van der Waals surface area contributed by atoms with Crippen molar-refractivity contribution < 1.29 is 14.3 Å². The third-order valence-corrected chi connectivity index (χ3v) is 4.28. The number of ether oxygens (including phenoxy) is 1. The van der Waals surface area contributed by atoms with E-state index in [1.165, 1.54) is 4.90 Å². The summed E-state index contributed by atoms with van der Waals surface area (Å²) in [5.74, 6) is 0.428. The molecule has 0 aliphatic carbocycles. The monoisotopic (exact) mass is 354 g/mol. The SMILES string of the molecule is CCC1Oc2ccc(N)nc2N(CC(=O)NC(C)c2ccccc2)C1=O. The number of rotatable bonds is 5. The van der Waals surface area contributed by atoms with Crippen LogP contribution < -0.4 is 20.7 Å². The Hall–Kier alpha value is -3.09. The highest BCUT2D eigenvalue weighted by Gasteiger charge is 2.35. The molecule has 136 valence electrons. The van der Waals surface area contributed by atoms with Crippen LogP contribution in [0, 0.1) is 0 Å². The maximum atomic E-state index is 12.7. The molecule has 2 aromatic rings. The van der Waals surface area contributed by atoms with Gasteiger partial charge in [-0.2, -0.15) is 0 Å². The number of hydrogen-bond donors (Lipinski definition) is 2. The molecule has 0 fully saturated rings. The summed E-state index contributed by atoms with van der Waals surface area (Å²) in [6, 6.07) is 12.7. The van der Waals surface area contributed by atoms with E-state index in [9.17, 15) is 9.59 Å². The Morgan fingerprint density at radius 2 is 2.04 bits per heavy atom. The fraction of sp³-hybridized carbons (Fsp3) is 0.316. The minimum absolute atomic E-state index is 0.140. The second kappa shape index (κ2) is 7.43. The summed E-state index contributed by atoms with van der Waals surface area (Å²) < 4.78 is 5.67. The molecular formula is C19H22N4O3. The number of nitrogen functional groups attached to an aromatic ring is 1. The van der Waals surface area contributed by atoms with E-state index in [-0.39, 0.29) is 36.0 Å². The van der Waals surface area contributed by atoms with Gasteiger partial charge in [0.2, 0.25) is 5.91 Å². The minimum Gasteiger partial charge on any atom is -0.477 e. The molecule has 7 nitrogen and oxygen atoms in total. The van der Waals surface area contributed by atoms with Crippen LogP contribution in [0.4, 0.5) is 11.6 Å². The third-order valence-electron chi connectivity index (χ3n) is 4.28. The molecule has 26 heavy (non-hydrogen) atoms. The van der Waals surface area contributed by atoms with Crippen LogP contribution in [0.1, 0.15) is 31.9 Å². The zero-order valence-corrected chi connectivity index (χ0v) is 14.8. The lowest BCUT2D eigenvalue weighted by atomic mass is 10.1. The van der Waals surface area contributed by atoms with Crippen molar-refractivity contribution in [3.8, 4) is 5.75 Å². The van der Waals surface area contributed by atoms with E-state index < -0.39 is 6.10 Å². The highest BCUT2D eigenvalue weighted by atomic mass is 16.5. The molecule has 0 saturated heterocycles. The van der Waals surface area contributed by atoms with Crippen LogP contribution in [-0.2, 0) is 9.59 Å². The first-order chi connectivity index (χ1) is 12.5. The van der Waals surface area contributed by atoms with Crippen LogP contribution in [0.15, 0.2) is 42.5 Å². The molecule has 1 aliphatic heterocycles. The average Bonchev–Trinajstić information content (AvgIpc) is 2.64. The second-order valence-corrected chi connectivity index (χ2v) is 6.20. The van der Waals surface area contributed by atoms with E-state index in [1.54, 1.807) is 12.1 Å². The van der Waals surface area contributed by atoms with Gasteiger partial charge in [0.1, 0.15) is 12.4 Å². The molecule has 2 unspecified atom stereocenters. The van der Waals surface area contributed by atoms with Gasteiger partial charge in [0.05, 0.1) is 6.04 Å². The highest BCUT2D eigenvalue weighted by molar-refractivity contribution is 6.03. The molecule has 0 spiro atoms. The Morgan fingerprint density at radius 1 is 1.31 bits per heavy atom. The molecule has 3 rings (SSSR count). The van der Waals surface area contributed by atoms with E-state index in [0.29, 0.717) is 12.2 Å². The Labute approximate surface area is 152 Å². The standard InChI is InChI=1S/C19H22N4O3/c1-3-14-19(25)23(18-15(26-14)9-10-16(20)22-18)11-17(24)21-12(2)13-7-5-4-6-8-13/h4-10,12,14H,3,11H2,1-2H3,(H2,20,22)(H,21,24). The Balaban J connectivity index is 1.78. The molecule has 0 bridgehead atoms. The smallest absolute Gasteiger partial charge is 0.269 e. The van der Waals surface area contributed by atoms with Gasteiger partial charge in [-0.15, -0.1) is 0 Å². The Kier molecular flexibility index (Phi) is 5.06. The Bertz CT molecular complexity index is 810. The maximum Gasteiger partial charge on any atom is 0.269 e. The predicted octanol–water partition coefficient (Wildman–Crippen LogP) is 2.05. The maximum absolute atomic E-state index is 12.7. The first kappa shape index (κ1) is 17.7. The molecule has 2 heterocycles. The first-order valence-electron chi connectivity index (χ1n) is 8.58. The first-order valence-corrected chi connectivity index (χ1v) is 8.58. The lowest BCUT2D eigenvalue weighted by Crippen LogP contribution is -2.50. The van der Waals surface area contributed by atoms with Crippen LogP contribution in [0.25, 0.3) is 0 Å². The van der Waals surface area contributed by atoms with E-state index in [4.69, 9.17) is 10.5 Å². The van der Waals surface area contributed by atoms with E-state index in [1.807, 2.05) is 44.2 Å². The molecule has 1 aromatic heterocycles. The molecule has 7 heteroatoms. The van der Waals surface area contributed by atoms with E-state index in [0.717, 1.165) is 5.56 Å². The lowest BCUT2D eigenvalue weighted by Gasteiger charge is -2.33. The summed E-state index contributed by atoms with van der Waals surface area (Å²) >= 11 is 0. The van der Waals surface area contributed by atoms with Gasteiger partial charge in [0, 0.05) is 0 Å². The van der Waals surface area contributed by atoms with Gasteiger partial charge in [0.15, 0.2) is 17.7 Å². The zero-order valence-electron chi connectivity index (χ0n) is 14.8. The number of nitrogens with one attached hydrogen (secondary N) is 1. The summed E-state index contributed by atoms with van der Waals surface area (Å²) in [5.41, 5.74) is 6.73. The number of anilines is 2. The number of hydrogen-bond acceptors (Lipinski definition) is 5. The van der Waals surface area contributed by atoms with Gasteiger partial charge < -0.3 is 15.8 Å². The fourth-order valence-electron chi connectivity index (χ4n) is 2.88. The zero-order chi connectivity index (χ0) is 18.7. The van der Waals surface area contributed by atoms with Gasteiger partial charge in [-0.1, -0.05) is 37.3 Å². The number of pyridine rings is 1. The summed E-state index contributed by atoms with van der Waals surface area (Å²) in [4.78, 5) is 30.7. The number of carbonyl (C=O) groups excluding carboxylic acids is 2. The third kappa shape index (κ3) is 3.61. The van der Waals surface area contributed by atoms with Crippen molar-refractivity contribution in [2.24, 2.45) is 0 Å². The number of nitrogens with two attached hydrogens (primary N) is 1. The van der Waals surface area contributed by atoms with Gasteiger partial charge in [0.25, 0.3) is 5.91 Å². The summed E-state index contributed by atoms with van der Waals surface area (Å²) in [6.45, 7) is 3.61. The molecule has 3 N–H and O–H groups in total. The second-order valence-electron chi connectivity index (χ2n) is 6.20. The van der Waals surface area contributed by atoms with E-state index in [2.05, 4.69) is 10.3 Å². The van der Waals surface area contributed by atoms with Crippen LogP contribution in [-0.4, -0.2) is 29.4 Å². The van der Waals surface area contributed by atoms with Gasteiger partial charge in [-0.3, -0.25) is 14.5 Å². The molecule has 0 radical (unpaired) electrons. The average molecular weight is 354 g/mol. The normalized spacial score (nSPS) is 17.2. The van der Waals surface area contributed by atoms with Crippen molar-refractivity contribution >= 4 is 23.5 Å². The molecule has 2 amide bonds. The van der Waals surface area contributed by atoms with Crippen LogP contribution in [0.5, 0.6) is 5.75 Å². The van der Waals surface area contributed by atoms with Crippen LogP contribution in [0.3, 0.4) is 0 Å². The topological polar surface area (TPSA) is 97.6 Å². The van der Waals surface area contributed by atoms with Crippen LogP contribution >= 0.6 is 0 Å². The summed E-state index contributed by atoms with van der Waals surface area (Å²) in [5, 5.41) is 2.91. The van der Waals surface area contributed by atoms with Gasteiger partial charge in [-0.25, -0.2) is 4.98 Å². The van der Waals surface area contributed by atoms with Crippen molar-refractivity contribution in [2.45, 2.75) is 32.4 Å². The van der Waals surface area contributed by atoms with E-state index >= 15 is 0 Å². The van der Waals surface area contributed by atoms with Crippen LogP contribution in [0.2, 0.25) is 0 Å². The van der Waals surface area contributed by atoms with Crippen molar-refractivity contribution in [1.29, 1.82) is 0 Å². The van der Waals surface area contributed by atoms with Gasteiger partial charge in [-0.05, 0) is 31.0 Å². The summed E-state index contributed by atoms with van der Waals surface area (Å²) in [6.07, 6.45) is -0.131. The number of nitrogens with zero attached hydrogens (tertiary/aromatic N) is 2. The summed E-state index contributed by atoms with van der Waals surface area (Å²) in [7, 11) is 0. The quantitative estimate of drug-likeness (QED) is 0.856. The van der Waals surface area contributed by atoms with Crippen molar-refractivity contribution in [3.05, 3.63) is 48.0 Å². The highest BCUT2D eigenvalue weighted by Crippen LogP contribution is 2.33. The van der Waals surface area contributed by atoms with Crippen molar-refractivity contribution in [1.82, 2.24) is 10.3 Å². The molecule has 2 atom stereocenters. The van der Waals surface area contributed by atoms with Crippen molar-refractivity contribution in [3.63, 3.8) is 0 Å². The number of aromatic nitrogens is 1. The minimum atomic E-state index is -0.632. The predicted molar refractivity (Wildman–Crippen MR) is 98.7 cm³/mol. The Morgan fingerprint density at radius 3 is 2.73 bits per heavy atom. The number of carbonyl (C=O) groups is 2. The largest absolute Gasteiger partial charge is 0.477 e. The molecule has 1 aromatic carbocycles. The molecule has 0 saturated carbocycles. The van der Waals surface area contributed by atoms with Crippen molar-refractivity contribution in [2.75, 3.05) is 17.2 Å².